The molecule has 0 fully saturated rings. The Kier molecular flexibility index (Phi) is 9.65. The number of nitrogens with zero attached hydrogens (tertiary/aromatic N) is 2. The average molecular weight is 588 g/mol. The number of alkyl carbamates (subject to hydrolysis) is 1. The summed E-state index contributed by atoms with van der Waals surface area (Å²) in [6.07, 6.45) is 1.37. The van der Waals surface area contributed by atoms with E-state index in [1.165, 1.54) is 11.8 Å². The first-order chi connectivity index (χ1) is 18.2. The van der Waals surface area contributed by atoms with Crippen molar-refractivity contribution in [3.05, 3.63) is 63.8 Å². The largest absolute Gasteiger partial charge is 0.444 e. The zero-order valence-corrected chi connectivity index (χ0v) is 25.4. The monoisotopic (exact) mass is 586 g/mol. The molecule has 0 unspecified atom stereocenters. The minimum Gasteiger partial charge on any atom is -0.444 e. The van der Waals surface area contributed by atoms with Gasteiger partial charge in [0, 0.05) is 21.7 Å². The quantitative estimate of drug-likeness (QED) is 0.249. The number of hydrogen-bond donors (Lipinski definition) is 2. The van der Waals surface area contributed by atoms with E-state index in [1.54, 1.807) is 49.7 Å². The van der Waals surface area contributed by atoms with Crippen molar-refractivity contribution in [2.45, 2.75) is 57.6 Å². The maximum Gasteiger partial charge on any atom is 0.408 e. The van der Waals surface area contributed by atoms with E-state index in [0.29, 0.717) is 31.9 Å². The van der Waals surface area contributed by atoms with Gasteiger partial charge in [-0.25, -0.2) is 9.48 Å². The molecule has 2 amide bonds. The molecular weight excluding hydrogens is 555 g/mol. The van der Waals surface area contributed by atoms with Crippen molar-refractivity contribution in [3.8, 4) is 28.8 Å². The summed E-state index contributed by atoms with van der Waals surface area (Å²) in [7, 11) is 0. The van der Waals surface area contributed by atoms with Crippen molar-refractivity contribution < 1.29 is 14.3 Å². The zero-order valence-electron chi connectivity index (χ0n) is 23.0. The molecule has 3 aromatic rings. The van der Waals surface area contributed by atoms with Crippen LogP contribution in [0.2, 0.25) is 10.0 Å². The number of benzene rings is 2. The van der Waals surface area contributed by atoms with Gasteiger partial charge < -0.3 is 15.4 Å². The number of nitrogens with one attached hydrogen (secondary N) is 2. The lowest BCUT2D eigenvalue weighted by atomic mass is 10.1. The Balaban J connectivity index is 1.99. The van der Waals surface area contributed by atoms with E-state index in [0.717, 1.165) is 11.3 Å². The lowest BCUT2D eigenvalue weighted by molar-refractivity contribution is 0.0535. The van der Waals surface area contributed by atoms with Crippen molar-refractivity contribution in [1.82, 2.24) is 20.4 Å². The molecule has 10 heteroatoms. The van der Waals surface area contributed by atoms with Crippen LogP contribution in [-0.4, -0.2) is 45.7 Å². The number of carbonyl (C=O) groups excluding carboxylic acids is 2. The van der Waals surface area contributed by atoms with Gasteiger partial charge in [-0.15, -0.1) is 11.8 Å². The molecule has 0 atom stereocenters. The van der Waals surface area contributed by atoms with Crippen LogP contribution in [0.1, 0.15) is 57.6 Å². The Bertz CT molecular complexity index is 1430. The molecule has 2 N–H and O–H groups in total. The molecule has 1 aromatic heterocycles. The van der Waals surface area contributed by atoms with Crippen molar-refractivity contribution in [3.63, 3.8) is 0 Å². The smallest absolute Gasteiger partial charge is 0.408 e. The fraction of sp³-hybridized carbons (Fsp3) is 0.345. The van der Waals surface area contributed by atoms with E-state index in [4.69, 9.17) is 33.0 Å². The molecule has 0 aliphatic rings. The van der Waals surface area contributed by atoms with Gasteiger partial charge in [-0.1, -0.05) is 47.2 Å². The van der Waals surface area contributed by atoms with Crippen LogP contribution in [0.5, 0.6) is 0 Å². The highest BCUT2D eigenvalue weighted by Gasteiger charge is 2.27. The Morgan fingerprint density at radius 3 is 2.28 bits per heavy atom. The zero-order chi connectivity index (χ0) is 29.0. The normalized spacial score (nSPS) is 11.4. The number of thioether (sulfide) groups is 1. The number of amides is 2. The molecule has 0 saturated carbocycles. The summed E-state index contributed by atoms with van der Waals surface area (Å²) in [5.41, 5.74) is 2.08. The van der Waals surface area contributed by atoms with Crippen LogP contribution < -0.4 is 10.6 Å². The highest BCUT2D eigenvalue weighted by Crippen LogP contribution is 2.37. The third-order valence-electron chi connectivity index (χ3n) is 5.00. The second kappa shape index (κ2) is 12.4. The summed E-state index contributed by atoms with van der Waals surface area (Å²) >= 11 is 14.3. The van der Waals surface area contributed by atoms with Gasteiger partial charge in [-0.3, -0.25) is 4.79 Å². The van der Waals surface area contributed by atoms with E-state index < -0.39 is 17.2 Å². The molecule has 1 heterocycles. The van der Waals surface area contributed by atoms with Crippen molar-refractivity contribution in [1.29, 1.82) is 0 Å². The van der Waals surface area contributed by atoms with Gasteiger partial charge in [0.1, 0.15) is 5.60 Å². The predicted octanol–water partition coefficient (Wildman–Crippen LogP) is 6.97. The van der Waals surface area contributed by atoms with Crippen LogP contribution in [0.25, 0.3) is 16.9 Å². The highest BCUT2D eigenvalue weighted by atomic mass is 35.5. The molecular formula is C29H32Cl2N4O3S. The van der Waals surface area contributed by atoms with Crippen molar-refractivity contribution >= 4 is 47.0 Å². The van der Waals surface area contributed by atoms with Crippen LogP contribution in [0.4, 0.5) is 4.79 Å². The second-order valence-corrected chi connectivity index (χ2v) is 12.3. The number of rotatable bonds is 5. The van der Waals surface area contributed by atoms with Crippen molar-refractivity contribution in [2.24, 2.45) is 0 Å². The Morgan fingerprint density at radius 2 is 1.72 bits per heavy atom. The van der Waals surface area contributed by atoms with E-state index in [9.17, 15) is 9.59 Å². The number of halogens is 2. The molecule has 0 spiro atoms. The molecule has 7 nitrogen and oxygen atoms in total. The van der Waals surface area contributed by atoms with Gasteiger partial charge in [-0.05, 0) is 78.1 Å². The van der Waals surface area contributed by atoms with E-state index >= 15 is 0 Å². The SMILES string of the molecule is CSc1c(C(=O)NC(C)(C)C)nn(-c2ccc(C#CCNC(=O)OC(C)(C)C)cc2Cl)c1-c1ccc(Cl)cc1. The number of carbonyl (C=O) groups is 2. The first-order valence-electron chi connectivity index (χ1n) is 12.2. The summed E-state index contributed by atoms with van der Waals surface area (Å²) in [5.74, 6) is 5.60. The minimum atomic E-state index is -0.582. The number of ether oxygens (including phenoxy) is 1. The Morgan fingerprint density at radius 1 is 1.05 bits per heavy atom. The number of hydrogen-bond acceptors (Lipinski definition) is 5. The molecule has 0 aliphatic heterocycles. The molecule has 206 valence electrons. The van der Waals surface area contributed by atoms with Crippen LogP contribution >= 0.6 is 35.0 Å². The van der Waals surface area contributed by atoms with Crippen LogP contribution in [0.3, 0.4) is 0 Å². The fourth-order valence-corrected chi connectivity index (χ4v) is 4.63. The second-order valence-electron chi connectivity index (χ2n) is 10.7. The summed E-state index contributed by atoms with van der Waals surface area (Å²) < 4.78 is 6.88. The summed E-state index contributed by atoms with van der Waals surface area (Å²) in [4.78, 5) is 25.7. The molecule has 0 bridgehead atoms. The predicted molar refractivity (Wildman–Crippen MR) is 159 cm³/mol. The van der Waals surface area contributed by atoms with Gasteiger partial charge >= 0.3 is 6.09 Å². The van der Waals surface area contributed by atoms with Crippen LogP contribution in [0.15, 0.2) is 47.4 Å². The van der Waals surface area contributed by atoms with Crippen LogP contribution in [-0.2, 0) is 4.74 Å². The van der Waals surface area contributed by atoms with Gasteiger partial charge in [0.2, 0.25) is 0 Å². The lowest BCUT2D eigenvalue weighted by Crippen LogP contribution is -2.41. The van der Waals surface area contributed by atoms with Crippen molar-refractivity contribution in [2.75, 3.05) is 12.8 Å². The first-order valence-corrected chi connectivity index (χ1v) is 14.2. The molecule has 39 heavy (non-hydrogen) atoms. The van der Waals surface area contributed by atoms with E-state index in [1.807, 2.05) is 45.2 Å². The number of aromatic nitrogens is 2. The maximum absolute atomic E-state index is 13.2. The Hall–Kier alpha value is -3.12. The van der Waals surface area contributed by atoms with E-state index in [-0.39, 0.29) is 12.5 Å². The summed E-state index contributed by atoms with van der Waals surface area (Å²) in [6.45, 7) is 11.3. The molecule has 0 aliphatic carbocycles. The highest BCUT2D eigenvalue weighted by molar-refractivity contribution is 7.98. The van der Waals surface area contributed by atoms with Gasteiger partial charge in [0.05, 0.1) is 27.8 Å². The standard InChI is InChI=1S/C29H32Cl2N4O3S/c1-28(2,3)33-26(36)23-25(39-7)24(19-11-13-20(30)14-12-19)35(34-23)22-15-10-18(17-21(22)31)9-8-16-32-27(37)38-29(4,5)6/h10-15,17H,16H2,1-7H3,(H,32,37)(H,33,36). The molecule has 0 radical (unpaired) electrons. The third-order valence-corrected chi connectivity index (χ3v) is 6.35. The van der Waals surface area contributed by atoms with E-state index in [2.05, 4.69) is 22.5 Å². The first kappa shape index (κ1) is 30.4. The average Bonchev–Trinajstić information content (AvgIpc) is 3.20. The molecule has 3 rings (SSSR count). The maximum atomic E-state index is 13.2. The molecule has 2 aromatic carbocycles. The lowest BCUT2D eigenvalue weighted by Gasteiger charge is -2.19. The summed E-state index contributed by atoms with van der Waals surface area (Å²) in [6, 6.07) is 12.7. The Labute approximate surface area is 244 Å². The summed E-state index contributed by atoms with van der Waals surface area (Å²) in [5, 5.41) is 11.3. The van der Waals surface area contributed by atoms with Gasteiger partial charge in [0.15, 0.2) is 5.69 Å². The fourth-order valence-electron chi connectivity index (χ4n) is 3.51. The van der Waals surface area contributed by atoms with Crippen LogP contribution in [0, 0.1) is 11.8 Å². The van der Waals surface area contributed by atoms with Gasteiger partial charge in [-0.2, -0.15) is 5.10 Å². The van der Waals surface area contributed by atoms with Gasteiger partial charge in [0.25, 0.3) is 5.91 Å². The third kappa shape index (κ3) is 8.43. The molecule has 0 saturated heterocycles. The topological polar surface area (TPSA) is 85.3 Å². The minimum absolute atomic E-state index is 0.123.